The molecule has 1 atom stereocenters. The fourth-order valence-electron chi connectivity index (χ4n) is 3.09. The zero-order valence-electron chi connectivity index (χ0n) is 12.3. The quantitative estimate of drug-likeness (QED) is 0.734. The Bertz CT molecular complexity index is 347. The minimum Gasteiger partial charge on any atom is -0.379 e. The molecule has 1 aliphatic rings. The van der Waals surface area contributed by atoms with Crippen LogP contribution >= 0.6 is 0 Å². The number of quaternary nitrogens is 2. The standard InChI is InChI=1S/C16H26N2O/c1-14(13-19-2)17-16-8-10-18(11-9-16)12-15-6-4-3-5-7-15/h3-7,14,16-17H,8-13H2,1-2H3/p+2/t14-/m1/s1. The van der Waals surface area contributed by atoms with E-state index in [0.717, 1.165) is 12.6 Å². The predicted molar refractivity (Wildman–Crippen MR) is 77.1 cm³/mol. The van der Waals surface area contributed by atoms with Crippen molar-refractivity contribution in [2.24, 2.45) is 0 Å². The van der Waals surface area contributed by atoms with Crippen LogP contribution in [0.25, 0.3) is 0 Å². The lowest BCUT2D eigenvalue weighted by atomic mass is 10.0. The third-order valence-electron chi connectivity index (χ3n) is 4.06. The van der Waals surface area contributed by atoms with Crippen molar-refractivity contribution in [2.75, 3.05) is 26.8 Å². The molecule has 0 radical (unpaired) electrons. The molecule has 0 bridgehead atoms. The summed E-state index contributed by atoms with van der Waals surface area (Å²) in [7, 11) is 1.79. The van der Waals surface area contributed by atoms with Crippen molar-refractivity contribution in [1.82, 2.24) is 0 Å². The first kappa shape index (κ1) is 14.5. The molecule has 1 aromatic carbocycles. The normalized spacial score (nSPS) is 25.2. The lowest BCUT2D eigenvalue weighted by molar-refractivity contribution is -0.927. The number of hydrogen-bond acceptors (Lipinski definition) is 1. The fourth-order valence-corrected chi connectivity index (χ4v) is 3.09. The van der Waals surface area contributed by atoms with Gasteiger partial charge in [0.25, 0.3) is 0 Å². The maximum absolute atomic E-state index is 5.21. The van der Waals surface area contributed by atoms with Crippen molar-refractivity contribution in [3.05, 3.63) is 35.9 Å². The van der Waals surface area contributed by atoms with Crippen LogP contribution in [-0.2, 0) is 11.3 Å². The van der Waals surface area contributed by atoms with Crippen LogP contribution < -0.4 is 10.2 Å². The van der Waals surface area contributed by atoms with Gasteiger partial charge in [-0.2, -0.15) is 0 Å². The number of rotatable bonds is 6. The zero-order valence-corrected chi connectivity index (χ0v) is 12.3. The van der Waals surface area contributed by atoms with Gasteiger partial charge in [0.2, 0.25) is 0 Å². The number of methoxy groups -OCH3 is 1. The van der Waals surface area contributed by atoms with Gasteiger partial charge in [0, 0.05) is 25.5 Å². The maximum Gasteiger partial charge on any atom is 0.107 e. The lowest BCUT2D eigenvalue weighted by Gasteiger charge is -2.29. The molecule has 1 aromatic rings. The van der Waals surface area contributed by atoms with Crippen LogP contribution in [0.15, 0.2) is 30.3 Å². The number of piperidine rings is 1. The SMILES string of the molecule is COC[C@@H](C)[NH2+]C1CC[NH+](Cc2ccccc2)CC1. The van der Waals surface area contributed by atoms with Crippen molar-refractivity contribution in [3.63, 3.8) is 0 Å². The Kier molecular flexibility index (Phi) is 5.83. The van der Waals surface area contributed by atoms with E-state index in [1.54, 1.807) is 12.0 Å². The van der Waals surface area contributed by atoms with E-state index in [1.807, 2.05) is 0 Å². The van der Waals surface area contributed by atoms with Gasteiger partial charge in [0.1, 0.15) is 12.6 Å². The van der Waals surface area contributed by atoms with Crippen LogP contribution in [0, 0.1) is 0 Å². The Hall–Kier alpha value is -0.900. The predicted octanol–water partition coefficient (Wildman–Crippen LogP) is -0.168. The summed E-state index contributed by atoms with van der Waals surface area (Å²) in [6, 6.07) is 12.2. The molecule has 1 heterocycles. The first-order valence-corrected chi connectivity index (χ1v) is 7.49. The van der Waals surface area contributed by atoms with Crippen molar-refractivity contribution < 1.29 is 15.0 Å². The molecule has 2 rings (SSSR count). The molecule has 0 aliphatic carbocycles. The highest BCUT2D eigenvalue weighted by Crippen LogP contribution is 1.99. The van der Waals surface area contributed by atoms with Gasteiger partial charge in [-0.3, -0.25) is 0 Å². The summed E-state index contributed by atoms with van der Waals surface area (Å²) >= 11 is 0. The number of benzene rings is 1. The second kappa shape index (κ2) is 7.63. The van der Waals surface area contributed by atoms with Crippen LogP contribution in [0.3, 0.4) is 0 Å². The van der Waals surface area contributed by atoms with Crippen molar-refractivity contribution >= 4 is 0 Å². The summed E-state index contributed by atoms with van der Waals surface area (Å²) in [5.74, 6) is 0. The van der Waals surface area contributed by atoms with Crippen molar-refractivity contribution in [2.45, 2.75) is 38.4 Å². The van der Waals surface area contributed by atoms with Crippen LogP contribution in [0.1, 0.15) is 25.3 Å². The average Bonchev–Trinajstić information content (AvgIpc) is 2.42. The Morgan fingerprint density at radius 2 is 1.95 bits per heavy atom. The van der Waals surface area contributed by atoms with Crippen LogP contribution in [0.2, 0.25) is 0 Å². The molecule has 1 saturated heterocycles. The average molecular weight is 264 g/mol. The first-order chi connectivity index (χ1) is 9.28. The fraction of sp³-hybridized carbons (Fsp3) is 0.625. The third-order valence-corrected chi connectivity index (χ3v) is 4.06. The number of nitrogens with two attached hydrogens (primary N) is 1. The molecule has 1 fully saturated rings. The van der Waals surface area contributed by atoms with Gasteiger partial charge in [0.05, 0.1) is 25.7 Å². The highest BCUT2D eigenvalue weighted by atomic mass is 16.5. The summed E-state index contributed by atoms with van der Waals surface area (Å²) in [6.45, 7) is 6.90. The monoisotopic (exact) mass is 264 g/mol. The van der Waals surface area contributed by atoms with Gasteiger partial charge >= 0.3 is 0 Å². The van der Waals surface area contributed by atoms with E-state index >= 15 is 0 Å². The molecule has 0 saturated carbocycles. The second-order valence-electron chi connectivity index (χ2n) is 5.87. The molecule has 3 nitrogen and oxygen atoms in total. The number of hydrogen-bond donors (Lipinski definition) is 2. The van der Waals surface area contributed by atoms with E-state index in [4.69, 9.17) is 4.74 Å². The molecule has 106 valence electrons. The lowest BCUT2D eigenvalue weighted by Crippen LogP contribution is -3.14. The Balaban J connectivity index is 1.70. The minimum atomic E-state index is 0.589. The smallest absolute Gasteiger partial charge is 0.107 e. The molecule has 0 aromatic heterocycles. The van der Waals surface area contributed by atoms with E-state index < -0.39 is 0 Å². The maximum atomic E-state index is 5.21. The molecular formula is C16H28N2O+2. The largest absolute Gasteiger partial charge is 0.379 e. The zero-order chi connectivity index (χ0) is 13.5. The molecular weight excluding hydrogens is 236 g/mol. The summed E-state index contributed by atoms with van der Waals surface area (Å²) in [5.41, 5.74) is 1.47. The molecule has 0 unspecified atom stereocenters. The Morgan fingerprint density at radius 1 is 1.26 bits per heavy atom. The molecule has 19 heavy (non-hydrogen) atoms. The minimum absolute atomic E-state index is 0.589. The Morgan fingerprint density at radius 3 is 2.58 bits per heavy atom. The van der Waals surface area contributed by atoms with Gasteiger partial charge in [0.15, 0.2) is 0 Å². The number of likely N-dealkylation sites (tertiary alicyclic amines) is 1. The molecule has 0 spiro atoms. The highest BCUT2D eigenvalue weighted by Gasteiger charge is 2.25. The van der Waals surface area contributed by atoms with Gasteiger partial charge in [-0.1, -0.05) is 30.3 Å². The molecule has 3 heteroatoms. The van der Waals surface area contributed by atoms with Crippen LogP contribution in [0.5, 0.6) is 0 Å². The second-order valence-corrected chi connectivity index (χ2v) is 5.87. The van der Waals surface area contributed by atoms with Crippen molar-refractivity contribution in [1.29, 1.82) is 0 Å². The van der Waals surface area contributed by atoms with E-state index in [-0.39, 0.29) is 0 Å². The van der Waals surface area contributed by atoms with Gasteiger partial charge in [-0.15, -0.1) is 0 Å². The van der Waals surface area contributed by atoms with E-state index in [2.05, 4.69) is 42.6 Å². The van der Waals surface area contributed by atoms with Crippen LogP contribution in [-0.4, -0.2) is 38.9 Å². The summed E-state index contributed by atoms with van der Waals surface area (Å²) in [4.78, 5) is 1.73. The first-order valence-electron chi connectivity index (χ1n) is 7.49. The number of ether oxygens (including phenoxy) is 1. The summed E-state index contributed by atoms with van der Waals surface area (Å²) in [5, 5.41) is 2.50. The molecule has 3 N–H and O–H groups in total. The van der Waals surface area contributed by atoms with E-state index in [0.29, 0.717) is 6.04 Å². The Labute approximate surface area is 116 Å². The van der Waals surface area contributed by atoms with Crippen LogP contribution in [0.4, 0.5) is 0 Å². The topological polar surface area (TPSA) is 30.3 Å². The van der Waals surface area contributed by atoms with Gasteiger partial charge in [-0.25, -0.2) is 0 Å². The summed E-state index contributed by atoms with van der Waals surface area (Å²) < 4.78 is 5.21. The van der Waals surface area contributed by atoms with E-state index in [9.17, 15) is 0 Å². The molecule has 0 amide bonds. The van der Waals surface area contributed by atoms with Gasteiger partial charge < -0.3 is 15.0 Å². The van der Waals surface area contributed by atoms with E-state index in [1.165, 1.54) is 38.0 Å². The van der Waals surface area contributed by atoms with Gasteiger partial charge in [-0.05, 0) is 6.92 Å². The molecule has 1 aliphatic heterocycles. The number of nitrogens with one attached hydrogen (secondary N) is 1. The third kappa shape index (κ3) is 4.94. The summed E-state index contributed by atoms with van der Waals surface area (Å²) in [6.07, 6.45) is 2.66. The van der Waals surface area contributed by atoms with Crippen molar-refractivity contribution in [3.8, 4) is 0 Å². The highest BCUT2D eigenvalue weighted by molar-refractivity contribution is 5.13.